The zero-order valence-corrected chi connectivity index (χ0v) is 16.5. The summed E-state index contributed by atoms with van der Waals surface area (Å²) in [5.41, 5.74) is -0.768. The van der Waals surface area contributed by atoms with E-state index in [1.807, 2.05) is 30.3 Å². The van der Waals surface area contributed by atoms with Crippen LogP contribution in [0.4, 0.5) is 4.79 Å². The molecule has 0 amide bonds. The Kier molecular flexibility index (Phi) is 5.61. The molecule has 156 valence electrons. The average molecular weight is 402 g/mol. The summed E-state index contributed by atoms with van der Waals surface area (Å²) in [4.78, 5) is 24.9. The van der Waals surface area contributed by atoms with Crippen molar-refractivity contribution >= 4 is 12.1 Å². The third-order valence-electron chi connectivity index (χ3n) is 5.75. The van der Waals surface area contributed by atoms with Gasteiger partial charge in [-0.05, 0) is 24.5 Å². The van der Waals surface area contributed by atoms with Gasteiger partial charge in [-0.25, -0.2) is 9.59 Å². The van der Waals surface area contributed by atoms with E-state index in [9.17, 15) is 9.59 Å². The molecule has 1 saturated carbocycles. The third kappa shape index (κ3) is 4.16. The summed E-state index contributed by atoms with van der Waals surface area (Å²) in [6.45, 7) is 0.0510. The zero-order chi connectivity index (χ0) is 20.3. The lowest BCUT2D eigenvalue weighted by Gasteiger charge is -2.33. The van der Waals surface area contributed by atoms with E-state index in [0.717, 1.165) is 31.2 Å². The molecule has 7 nitrogen and oxygen atoms in total. The highest BCUT2D eigenvalue weighted by atomic mass is 16.8. The summed E-state index contributed by atoms with van der Waals surface area (Å²) in [6.07, 6.45) is 6.74. The van der Waals surface area contributed by atoms with Crippen molar-refractivity contribution in [1.29, 1.82) is 0 Å². The Hall–Kier alpha value is -2.38. The fourth-order valence-electron chi connectivity index (χ4n) is 4.30. The number of methoxy groups -OCH3 is 1. The summed E-state index contributed by atoms with van der Waals surface area (Å²) in [5, 5.41) is 0. The molecule has 1 aliphatic heterocycles. The first-order chi connectivity index (χ1) is 14.0. The number of carbonyl (C=O) groups is 2. The topological polar surface area (TPSA) is 80.3 Å². The van der Waals surface area contributed by atoms with Crippen molar-refractivity contribution in [2.75, 3.05) is 7.11 Å². The summed E-state index contributed by atoms with van der Waals surface area (Å²) in [7, 11) is 1.26. The van der Waals surface area contributed by atoms with Gasteiger partial charge in [-0.1, -0.05) is 42.8 Å². The van der Waals surface area contributed by atoms with E-state index in [4.69, 9.17) is 23.7 Å². The predicted octanol–water partition coefficient (Wildman–Crippen LogP) is 3.66. The van der Waals surface area contributed by atoms with Crippen LogP contribution in [0.3, 0.4) is 0 Å². The van der Waals surface area contributed by atoms with Gasteiger partial charge in [0.25, 0.3) is 0 Å². The molecule has 0 aromatic heterocycles. The van der Waals surface area contributed by atoms with Gasteiger partial charge >= 0.3 is 12.1 Å². The Morgan fingerprint density at radius 1 is 1.10 bits per heavy atom. The van der Waals surface area contributed by atoms with Crippen LogP contribution < -0.4 is 0 Å². The highest BCUT2D eigenvalue weighted by Crippen LogP contribution is 2.45. The van der Waals surface area contributed by atoms with Crippen LogP contribution >= 0.6 is 0 Å². The van der Waals surface area contributed by atoms with Gasteiger partial charge < -0.3 is 23.7 Å². The highest BCUT2D eigenvalue weighted by Gasteiger charge is 2.55. The molecule has 2 aliphatic carbocycles. The minimum atomic E-state index is -1.59. The lowest BCUT2D eigenvalue weighted by Crippen LogP contribution is -2.49. The molecule has 3 aliphatic rings. The monoisotopic (exact) mass is 402 g/mol. The zero-order valence-electron chi connectivity index (χ0n) is 16.5. The van der Waals surface area contributed by atoms with Crippen LogP contribution in [0.15, 0.2) is 42.5 Å². The van der Waals surface area contributed by atoms with E-state index in [1.165, 1.54) is 19.6 Å². The molecule has 1 heterocycles. The van der Waals surface area contributed by atoms with Gasteiger partial charge in [-0.2, -0.15) is 0 Å². The molecule has 29 heavy (non-hydrogen) atoms. The van der Waals surface area contributed by atoms with E-state index >= 15 is 0 Å². The second-order valence-electron chi connectivity index (χ2n) is 7.78. The molecule has 4 rings (SSSR count). The molecule has 3 atom stereocenters. The Balaban J connectivity index is 1.44. The predicted molar refractivity (Wildman–Crippen MR) is 102 cm³/mol. The van der Waals surface area contributed by atoms with Crippen LogP contribution in [0, 0.1) is 0 Å². The number of hydrogen-bond donors (Lipinski definition) is 0. The largest absolute Gasteiger partial charge is 0.510 e. The van der Waals surface area contributed by atoms with Crippen LogP contribution in [-0.2, 0) is 35.1 Å². The Morgan fingerprint density at radius 3 is 2.59 bits per heavy atom. The number of hydrogen-bond acceptors (Lipinski definition) is 7. The number of rotatable bonds is 4. The SMILES string of the molecule is COC(=O)[C@@]1(OC(=O)OCc2ccccc2)C=C[C@@H]2OC3(CCCCC3)O[C@@H]2C1. The summed E-state index contributed by atoms with van der Waals surface area (Å²) in [5.74, 6) is -1.27. The summed E-state index contributed by atoms with van der Waals surface area (Å²) in [6, 6.07) is 9.24. The van der Waals surface area contributed by atoms with Gasteiger partial charge in [-0.3, -0.25) is 0 Å². The molecule has 0 N–H and O–H groups in total. The van der Waals surface area contributed by atoms with Gasteiger partial charge in [0.05, 0.1) is 13.2 Å². The van der Waals surface area contributed by atoms with Gasteiger partial charge in [0.15, 0.2) is 5.79 Å². The van der Waals surface area contributed by atoms with Gasteiger partial charge in [0.1, 0.15) is 12.7 Å². The summed E-state index contributed by atoms with van der Waals surface area (Å²) >= 11 is 0. The molecular weight excluding hydrogens is 376 g/mol. The maximum Gasteiger partial charge on any atom is 0.510 e. The molecule has 1 aromatic carbocycles. The quantitative estimate of drug-likeness (QED) is 0.562. The van der Waals surface area contributed by atoms with E-state index < -0.39 is 23.5 Å². The maximum atomic E-state index is 12.6. The van der Waals surface area contributed by atoms with E-state index in [-0.39, 0.29) is 25.2 Å². The average Bonchev–Trinajstić information content (AvgIpc) is 3.09. The molecule has 0 unspecified atom stereocenters. The van der Waals surface area contributed by atoms with Crippen molar-refractivity contribution in [3.8, 4) is 0 Å². The van der Waals surface area contributed by atoms with Crippen molar-refractivity contribution < 1.29 is 33.3 Å². The fourth-order valence-corrected chi connectivity index (χ4v) is 4.30. The van der Waals surface area contributed by atoms with Crippen LogP contribution in [0.5, 0.6) is 0 Å². The number of esters is 1. The van der Waals surface area contributed by atoms with Gasteiger partial charge in [-0.15, -0.1) is 0 Å². The minimum absolute atomic E-state index is 0.0510. The molecule has 1 aromatic rings. The second kappa shape index (κ2) is 8.16. The first-order valence-corrected chi connectivity index (χ1v) is 10.1. The van der Waals surface area contributed by atoms with Crippen molar-refractivity contribution in [3.63, 3.8) is 0 Å². The van der Waals surface area contributed by atoms with E-state index in [1.54, 1.807) is 6.08 Å². The number of benzene rings is 1. The molecule has 0 bridgehead atoms. The molecule has 1 saturated heterocycles. The minimum Gasteiger partial charge on any atom is -0.466 e. The molecule has 7 heteroatoms. The van der Waals surface area contributed by atoms with E-state index in [2.05, 4.69) is 0 Å². The van der Waals surface area contributed by atoms with Gasteiger partial charge in [0.2, 0.25) is 5.60 Å². The van der Waals surface area contributed by atoms with Crippen molar-refractivity contribution in [2.45, 2.75) is 68.7 Å². The van der Waals surface area contributed by atoms with Crippen LogP contribution in [-0.4, -0.2) is 42.8 Å². The number of carbonyl (C=O) groups excluding carboxylic acids is 2. The van der Waals surface area contributed by atoms with Crippen LogP contribution in [0.1, 0.15) is 44.1 Å². The lowest BCUT2D eigenvalue weighted by atomic mass is 9.87. The first-order valence-electron chi connectivity index (χ1n) is 10.1. The molecule has 1 spiro atoms. The highest BCUT2D eigenvalue weighted by molar-refractivity contribution is 5.85. The summed E-state index contributed by atoms with van der Waals surface area (Å²) < 4.78 is 28.0. The molecular formula is C22H26O7. The standard InChI is InChI=1S/C22H26O7/c1-25-19(23)21(29-20(24)26-15-16-8-4-2-5-9-16)13-10-17-18(14-21)28-22(27-17)11-6-3-7-12-22/h2,4-5,8-10,13,17-18H,3,6-7,11-12,14-15H2,1H3/t17-,18+,21+/m0/s1. The van der Waals surface area contributed by atoms with Crippen molar-refractivity contribution in [2.24, 2.45) is 0 Å². The number of ether oxygens (including phenoxy) is 5. The fraction of sp³-hybridized carbons (Fsp3) is 0.545. The second-order valence-corrected chi connectivity index (χ2v) is 7.78. The molecule has 0 radical (unpaired) electrons. The Labute approximate surface area is 169 Å². The number of fused-ring (bicyclic) bond motifs is 1. The van der Waals surface area contributed by atoms with Crippen molar-refractivity contribution in [1.82, 2.24) is 0 Å². The first kappa shape index (κ1) is 19.9. The van der Waals surface area contributed by atoms with Crippen molar-refractivity contribution in [3.05, 3.63) is 48.0 Å². The van der Waals surface area contributed by atoms with Crippen LogP contribution in [0.2, 0.25) is 0 Å². The maximum absolute atomic E-state index is 12.6. The van der Waals surface area contributed by atoms with Gasteiger partial charge in [0, 0.05) is 19.3 Å². The lowest BCUT2D eigenvalue weighted by molar-refractivity contribution is -0.195. The Bertz CT molecular complexity index is 769. The Morgan fingerprint density at radius 2 is 1.86 bits per heavy atom. The van der Waals surface area contributed by atoms with E-state index in [0.29, 0.717) is 0 Å². The normalized spacial score (nSPS) is 29.8. The van der Waals surface area contributed by atoms with Crippen LogP contribution in [0.25, 0.3) is 0 Å². The third-order valence-corrected chi connectivity index (χ3v) is 5.75. The smallest absolute Gasteiger partial charge is 0.466 e. The molecule has 2 fully saturated rings.